The van der Waals surface area contributed by atoms with Crippen LogP contribution in [0, 0.1) is 0 Å². The van der Waals surface area contributed by atoms with E-state index in [-0.39, 0.29) is 18.4 Å². The van der Waals surface area contributed by atoms with Gasteiger partial charge >= 0.3 is 5.97 Å². The standard InChI is InChI=1S/C10H15Cl3O2/c1-3-5-6-8(11)7-10(12,13)9(14)15-4-2/h3,8H,1,4-7H2,2H3. The topological polar surface area (TPSA) is 26.3 Å². The number of carbonyl (C=O) groups excluding carboxylic acids is 1. The number of allylic oxidation sites excluding steroid dienone is 1. The van der Waals surface area contributed by atoms with Crippen molar-refractivity contribution in [2.45, 2.75) is 35.9 Å². The van der Waals surface area contributed by atoms with Crippen molar-refractivity contribution in [1.29, 1.82) is 0 Å². The summed E-state index contributed by atoms with van der Waals surface area (Å²) in [7, 11) is 0. The lowest BCUT2D eigenvalue weighted by Crippen LogP contribution is -2.31. The Balaban J connectivity index is 4.10. The Kier molecular flexibility index (Phi) is 7.41. The van der Waals surface area contributed by atoms with Crippen LogP contribution in [0.1, 0.15) is 26.2 Å². The van der Waals surface area contributed by atoms with Gasteiger partial charge in [-0.05, 0) is 19.8 Å². The zero-order valence-electron chi connectivity index (χ0n) is 8.64. The molecular formula is C10H15Cl3O2. The summed E-state index contributed by atoms with van der Waals surface area (Å²) >= 11 is 17.6. The molecule has 0 aromatic heterocycles. The fourth-order valence-electron chi connectivity index (χ4n) is 0.999. The smallest absolute Gasteiger partial charge is 0.342 e. The Hall–Kier alpha value is 0.0800. The molecule has 0 N–H and O–H groups in total. The Morgan fingerprint density at radius 2 is 2.20 bits per heavy atom. The normalized spacial score (nSPS) is 13.3. The molecule has 0 aliphatic carbocycles. The van der Waals surface area contributed by atoms with Crippen LogP contribution >= 0.6 is 34.8 Å². The minimum Gasteiger partial charge on any atom is -0.464 e. The van der Waals surface area contributed by atoms with Crippen LogP contribution in [0.5, 0.6) is 0 Å². The second-order valence-electron chi connectivity index (χ2n) is 3.09. The van der Waals surface area contributed by atoms with Gasteiger partial charge in [0.1, 0.15) is 0 Å². The van der Waals surface area contributed by atoms with Gasteiger partial charge in [0.2, 0.25) is 4.33 Å². The number of alkyl halides is 3. The Labute approximate surface area is 106 Å². The summed E-state index contributed by atoms with van der Waals surface area (Å²) in [5.41, 5.74) is 0. The van der Waals surface area contributed by atoms with Crippen molar-refractivity contribution in [3.63, 3.8) is 0 Å². The number of hydrogen-bond acceptors (Lipinski definition) is 2. The number of ether oxygens (including phenoxy) is 1. The summed E-state index contributed by atoms with van der Waals surface area (Å²) in [5.74, 6) is -0.641. The van der Waals surface area contributed by atoms with Crippen molar-refractivity contribution in [1.82, 2.24) is 0 Å². The molecule has 1 atom stereocenters. The average molecular weight is 274 g/mol. The van der Waals surface area contributed by atoms with Crippen LogP contribution in [-0.2, 0) is 9.53 Å². The number of carbonyl (C=O) groups is 1. The second-order valence-corrected chi connectivity index (χ2v) is 5.19. The largest absolute Gasteiger partial charge is 0.464 e. The molecule has 0 bridgehead atoms. The summed E-state index contributed by atoms with van der Waals surface area (Å²) in [6.45, 7) is 5.52. The zero-order chi connectivity index (χ0) is 11.9. The van der Waals surface area contributed by atoms with Gasteiger partial charge in [0.25, 0.3) is 0 Å². The van der Waals surface area contributed by atoms with Crippen molar-refractivity contribution in [3.05, 3.63) is 12.7 Å². The highest BCUT2D eigenvalue weighted by molar-refractivity contribution is 6.57. The SMILES string of the molecule is C=CCCC(Cl)CC(Cl)(Cl)C(=O)OCC. The van der Waals surface area contributed by atoms with Crippen LogP contribution in [0.15, 0.2) is 12.7 Å². The van der Waals surface area contributed by atoms with E-state index in [0.29, 0.717) is 6.42 Å². The molecular weight excluding hydrogens is 258 g/mol. The first-order chi connectivity index (χ1) is 6.94. The van der Waals surface area contributed by atoms with Crippen molar-refractivity contribution in [3.8, 4) is 0 Å². The maximum absolute atomic E-state index is 11.3. The monoisotopic (exact) mass is 272 g/mol. The fraction of sp³-hybridized carbons (Fsp3) is 0.700. The summed E-state index contributed by atoms with van der Waals surface area (Å²) in [5, 5.41) is -0.262. The van der Waals surface area contributed by atoms with Gasteiger partial charge in [-0.3, -0.25) is 0 Å². The van der Waals surface area contributed by atoms with E-state index in [1.807, 2.05) is 0 Å². The number of hydrogen-bond donors (Lipinski definition) is 0. The van der Waals surface area contributed by atoms with E-state index in [1.54, 1.807) is 13.0 Å². The van der Waals surface area contributed by atoms with E-state index in [2.05, 4.69) is 6.58 Å². The molecule has 0 aromatic rings. The van der Waals surface area contributed by atoms with Crippen molar-refractivity contribution in [2.24, 2.45) is 0 Å². The van der Waals surface area contributed by atoms with Gasteiger partial charge in [-0.15, -0.1) is 18.2 Å². The van der Waals surface area contributed by atoms with E-state index in [4.69, 9.17) is 39.5 Å². The minimum absolute atomic E-state index is 0.171. The van der Waals surface area contributed by atoms with E-state index in [9.17, 15) is 4.79 Å². The van der Waals surface area contributed by atoms with Gasteiger partial charge in [0.05, 0.1) is 6.61 Å². The number of halogens is 3. The first-order valence-electron chi connectivity index (χ1n) is 4.74. The molecule has 2 nitrogen and oxygen atoms in total. The third-order valence-corrected chi connectivity index (χ3v) is 2.73. The van der Waals surface area contributed by atoms with Crippen LogP contribution in [0.25, 0.3) is 0 Å². The molecule has 0 radical (unpaired) electrons. The van der Waals surface area contributed by atoms with Crippen molar-refractivity contribution >= 4 is 40.8 Å². The summed E-state index contributed by atoms with van der Waals surface area (Å²) < 4.78 is 3.18. The zero-order valence-corrected chi connectivity index (χ0v) is 10.9. The second kappa shape index (κ2) is 7.37. The molecule has 0 aromatic carbocycles. The van der Waals surface area contributed by atoms with Gasteiger partial charge in [-0.2, -0.15) is 0 Å². The minimum atomic E-state index is -1.55. The van der Waals surface area contributed by atoms with Crippen LogP contribution in [0.4, 0.5) is 0 Å². The maximum Gasteiger partial charge on any atom is 0.342 e. The van der Waals surface area contributed by atoms with Crippen molar-refractivity contribution < 1.29 is 9.53 Å². The Bertz CT molecular complexity index is 217. The summed E-state index contributed by atoms with van der Waals surface area (Å²) in [6, 6.07) is 0. The third kappa shape index (κ3) is 6.29. The highest BCUT2D eigenvalue weighted by Gasteiger charge is 2.37. The molecule has 0 saturated heterocycles. The quantitative estimate of drug-likeness (QED) is 0.402. The number of esters is 1. The van der Waals surface area contributed by atoms with E-state index >= 15 is 0 Å². The Morgan fingerprint density at radius 3 is 2.67 bits per heavy atom. The molecule has 0 amide bonds. The lowest BCUT2D eigenvalue weighted by molar-refractivity contribution is -0.144. The molecule has 0 spiro atoms. The molecule has 0 rings (SSSR count). The first kappa shape index (κ1) is 15.1. The highest BCUT2D eigenvalue weighted by atomic mass is 35.5. The maximum atomic E-state index is 11.3. The molecule has 88 valence electrons. The van der Waals surface area contributed by atoms with Crippen molar-refractivity contribution in [2.75, 3.05) is 6.61 Å². The van der Waals surface area contributed by atoms with E-state index in [0.717, 1.165) is 6.42 Å². The average Bonchev–Trinajstić information content (AvgIpc) is 2.14. The van der Waals surface area contributed by atoms with Gasteiger partial charge < -0.3 is 4.74 Å². The highest BCUT2D eigenvalue weighted by Crippen LogP contribution is 2.31. The van der Waals surface area contributed by atoms with Gasteiger partial charge in [-0.25, -0.2) is 4.79 Å². The summed E-state index contributed by atoms with van der Waals surface area (Å²) in [4.78, 5) is 11.3. The molecule has 0 heterocycles. The molecule has 0 aliphatic heterocycles. The molecule has 0 saturated carbocycles. The van der Waals surface area contributed by atoms with Crippen LogP contribution in [0.3, 0.4) is 0 Å². The van der Waals surface area contributed by atoms with Gasteiger partial charge in [-0.1, -0.05) is 29.3 Å². The molecule has 0 aliphatic rings. The predicted molar refractivity (Wildman–Crippen MR) is 64.8 cm³/mol. The van der Waals surface area contributed by atoms with Crippen LogP contribution in [-0.4, -0.2) is 22.3 Å². The van der Waals surface area contributed by atoms with Crippen LogP contribution < -0.4 is 0 Å². The fourth-order valence-corrected chi connectivity index (χ4v) is 2.00. The van der Waals surface area contributed by atoms with Gasteiger partial charge in [0, 0.05) is 11.8 Å². The molecule has 1 unspecified atom stereocenters. The van der Waals surface area contributed by atoms with Gasteiger partial charge in [0.15, 0.2) is 0 Å². The number of rotatable bonds is 7. The molecule has 5 heteroatoms. The third-order valence-electron chi connectivity index (χ3n) is 1.74. The molecule has 15 heavy (non-hydrogen) atoms. The first-order valence-corrected chi connectivity index (χ1v) is 5.93. The summed E-state index contributed by atoms with van der Waals surface area (Å²) in [6.07, 6.45) is 3.38. The van der Waals surface area contributed by atoms with E-state index < -0.39 is 10.3 Å². The Morgan fingerprint density at radius 1 is 1.60 bits per heavy atom. The van der Waals surface area contributed by atoms with E-state index in [1.165, 1.54) is 0 Å². The predicted octanol–water partition coefficient (Wildman–Crippen LogP) is 3.69. The lowest BCUT2D eigenvalue weighted by atomic mass is 10.1. The van der Waals surface area contributed by atoms with Crippen LogP contribution in [0.2, 0.25) is 0 Å². The molecule has 0 fully saturated rings. The lowest BCUT2D eigenvalue weighted by Gasteiger charge is -2.20.